The van der Waals surface area contributed by atoms with Crippen molar-refractivity contribution in [3.8, 4) is 11.5 Å². The van der Waals surface area contributed by atoms with Crippen LogP contribution in [0.15, 0.2) is 106 Å². The maximum atomic E-state index is 14.1. The first-order chi connectivity index (χ1) is 19.0. The highest BCUT2D eigenvalue weighted by Gasteiger charge is 2.42. The summed E-state index contributed by atoms with van der Waals surface area (Å²) < 4.78 is 31.3. The fraction of sp³-hybridized carbons (Fsp3) is 0.125. The van der Waals surface area contributed by atoms with Crippen LogP contribution in [0.3, 0.4) is 0 Å². The minimum Gasteiger partial charge on any atom is -0.497 e. The number of methoxy groups -OCH3 is 1. The predicted molar refractivity (Wildman–Crippen MR) is 144 cm³/mol. The molecule has 1 amide bonds. The van der Waals surface area contributed by atoms with Crippen molar-refractivity contribution in [2.45, 2.75) is 19.2 Å². The van der Waals surface area contributed by atoms with Gasteiger partial charge in [0.2, 0.25) is 5.76 Å². The Labute approximate surface area is 223 Å². The second-order valence-corrected chi connectivity index (χ2v) is 9.34. The smallest absolute Gasteiger partial charge is 0.291 e. The lowest BCUT2D eigenvalue weighted by molar-refractivity contribution is 0.0714. The van der Waals surface area contributed by atoms with E-state index in [1.54, 1.807) is 12.0 Å². The zero-order valence-electron chi connectivity index (χ0n) is 21.1. The molecule has 0 bridgehead atoms. The number of halogens is 1. The van der Waals surface area contributed by atoms with Gasteiger partial charge in [-0.05, 0) is 59.2 Å². The number of benzene rings is 4. The second-order valence-electron chi connectivity index (χ2n) is 9.34. The van der Waals surface area contributed by atoms with Crippen LogP contribution in [0.25, 0.3) is 11.0 Å². The zero-order valence-corrected chi connectivity index (χ0v) is 21.1. The maximum Gasteiger partial charge on any atom is 0.291 e. The molecule has 0 saturated carbocycles. The number of ether oxygens (including phenoxy) is 2. The van der Waals surface area contributed by atoms with E-state index in [1.165, 1.54) is 12.1 Å². The molecule has 1 aromatic heterocycles. The van der Waals surface area contributed by atoms with Crippen LogP contribution in [0.1, 0.15) is 38.9 Å². The Balaban J connectivity index is 1.44. The summed E-state index contributed by atoms with van der Waals surface area (Å²) in [5.74, 6) is 0.289. The summed E-state index contributed by atoms with van der Waals surface area (Å²) in [4.78, 5) is 29.1. The van der Waals surface area contributed by atoms with Gasteiger partial charge in [0.15, 0.2) is 5.43 Å². The molecule has 1 aliphatic rings. The van der Waals surface area contributed by atoms with E-state index in [4.69, 9.17) is 13.9 Å². The molecule has 0 N–H and O–H groups in total. The summed E-state index contributed by atoms with van der Waals surface area (Å²) in [6.07, 6.45) is 0. The van der Waals surface area contributed by atoms with Crippen LogP contribution < -0.4 is 14.9 Å². The predicted octanol–water partition coefficient (Wildman–Crippen LogP) is 6.27. The molecule has 6 nitrogen and oxygen atoms in total. The van der Waals surface area contributed by atoms with Crippen LogP contribution >= 0.6 is 0 Å². The third kappa shape index (κ3) is 4.63. The van der Waals surface area contributed by atoms with E-state index in [-0.39, 0.29) is 28.8 Å². The van der Waals surface area contributed by atoms with Crippen molar-refractivity contribution < 1.29 is 23.1 Å². The van der Waals surface area contributed by atoms with Crippen molar-refractivity contribution in [3.05, 3.63) is 141 Å². The molecule has 4 aromatic carbocycles. The highest BCUT2D eigenvalue weighted by Crippen LogP contribution is 2.40. The van der Waals surface area contributed by atoms with E-state index in [2.05, 4.69) is 0 Å². The van der Waals surface area contributed by atoms with E-state index in [0.29, 0.717) is 23.7 Å². The van der Waals surface area contributed by atoms with Gasteiger partial charge in [-0.3, -0.25) is 9.59 Å². The SMILES string of the molecule is COc1ccc(CN2C(=O)c3oc4ccc(F)cc4c(=O)c3C2c2cccc(OCc3ccccc3)c2)cc1. The molecule has 6 rings (SSSR count). The van der Waals surface area contributed by atoms with Gasteiger partial charge < -0.3 is 18.8 Å². The fourth-order valence-corrected chi connectivity index (χ4v) is 4.95. The summed E-state index contributed by atoms with van der Waals surface area (Å²) in [7, 11) is 1.59. The fourth-order valence-electron chi connectivity index (χ4n) is 4.95. The number of hydrogen-bond donors (Lipinski definition) is 0. The van der Waals surface area contributed by atoms with Crippen LogP contribution in [0.4, 0.5) is 4.39 Å². The van der Waals surface area contributed by atoms with Crippen LogP contribution in [0, 0.1) is 5.82 Å². The molecule has 1 aliphatic heterocycles. The van der Waals surface area contributed by atoms with E-state index >= 15 is 0 Å². The largest absolute Gasteiger partial charge is 0.497 e. The van der Waals surface area contributed by atoms with Gasteiger partial charge in [-0.2, -0.15) is 0 Å². The molecule has 0 spiro atoms. The van der Waals surface area contributed by atoms with Gasteiger partial charge in [-0.15, -0.1) is 0 Å². The van der Waals surface area contributed by atoms with Crippen LogP contribution in [0.2, 0.25) is 0 Å². The zero-order chi connectivity index (χ0) is 26.9. The molecule has 0 radical (unpaired) electrons. The first-order valence-electron chi connectivity index (χ1n) is 12.5. The van der Waals surface area contributed by atoms with Gasteiger partial charge in [0.1, 0.15) is 29.5 Å². The third-order valence-corrected chi connectivity index (χ3v) is 6.86. The van der Waals surface area contributed by atoms with Gasteiger partial charge in [0.05, 0.1) is 24.1 Å². The number of hydrogen-bond acceptors (Lipinski definition) is 5. The van der Waals surface area contributed by atoms with E-state index in [9.17, 15) is 14.0 Å². The van der Waals surface area contributed by atoms with Crippen molar-refractivity contribution in [1.82, 2.24) is 4.90 Å². The van der Waals surface area contributed by atoms with Crippen molar-refractivity contribution in [2.75, 3.05) is 7.11 Å². The van der Waals surface area contributed by atoms with Gasteiger partial charge in [0, 0.05) is 6.54 Å². The first kappa shape index (κ1) is 24.4. The lowest BCUT2D eigenvalue weighted by Gasteiger charge is -2.25. The third-order valence-electron chi connectivity index (χ3n) is 6.86. The summed E-state index contributed by atoms with van der Waals surface area (Å²) in [6.45, 7) is 0.586. The van der Waals surface area contributed by atoms with E-state index in [0.717, 1.165) is 17.2 Å². The molecule has 5 aromatic rings. The van der Waals surface area contributed by atoms with Crippen molar-refractivity contribution in [3.63, 3.8) is 0 Å². The highest BCUT2D eigenvalue weighted by atomic mass is 19.1. The number of fused-ring (bicyclic) bond motifs is 2. The summed E-state index contributed by atoms with van der Waals surface area (Å²) in [5, 5.41) is 0.0920. The minimum atomic E-state index is -0.751. The molecule has 0 saturated heterocycles. The van der Waals surface area contributed by atoms with Gasteiger partial charge in [-0.1, -0.05) is 54.6 Å². The Hall–Kier alpha value is -4.91. The Bertz CT molecular complexity index is 1730. The number of rotatable bonds is 7. The lowest BCUT2D eigenvalue weighted by atomic mass is 9.98. The highest BCUT2D eigenvalue weighted by molar-refractivity contribution is 5.99. The van der Waals surface area contributed by atoms with Gasteiger partial charge in [0.25, 0.3) is 5.91 Å². The second kappa shape index (κ2) is 10.1. The number of carbonyl (C=O) groups is 1. The van der Waals surface area contributed by atoms with E-state index < -0.39 is 23.2 Å². The van der Waals surface area contributed by atoms with Crippen LogP contribution in [-0.4, -0.2) is 17.9 Å². The molecule has 1 atom stereocenters. The van der Waals surface area contributed by atoms with Crippen molar-refractivity contribution in [2.24, 2.45) is 0 Å². The minimum absolute atomic E-state index is 0.0340. The maximum absolute atomic E-state index is 14.1. The summed E-state index contributed by atoms with van der Waals surface area (Å²) in [6, 6.07) is 27.4. The first-order valence-corrected chi connectivity index (χ1v) is 12.5. The van der Waals surface area contributed by atoms with Gasteiger partial charge >= 0.3 is 0 Å². The van der Waals surface area contributed by atoms with E-state index in [1.807, 2.05) is 78.9 Å². The quantitative estimate of drug-likeness (QED) is 0.253. The average Bonchev–Trinajstić information content (AvgIpc) is 3.24. The molecule has 0 aliphatic carbocycles. The molecule has 1 unspecified atom stereocenters. The Morgan fingerprint density at radius 2 is 1.64 bits per heavy atom. The molecule has 7 heteroatoms. The van der Waals surface area contributed by atoms with Crippen molar-refractivity contribution in [1.29, 1.82) is 0 Å². The lowest BCUT2D eigenvalue weighted by Crippen LogP contribution is -2.29. The Kier molecular flexibility index (Phi) is 6.32. The standard InChI is InChI=1S/C32H24FNO5/c1-37-24-13-10-20(11-14-24)18-34-29(22-8-5-9-25(16-22)38-19-21-6-3-2-4-7-21)28-30(35)26-17-23(33)12-15-27(26)39-31(28)32(34)36/h2-17,29H,18-19H2,1H3. The molecular formula is C32H24FNO5. The number of carbonyl (C=O) groups excluding carboxylic acids is 1. The van der Waals surface area contributed by atoms with Gasteiger partial charge in [-0.25, -0.2) is 4.39 Å². The van der Waals surface area contributed by atoms with Crippen LogP contribution in [0.5, 0.6) is 11.5 Å². The molecule has 0 fully saturated rings. The Morgan fingerprint density at radius 3 is 2.41 bits per heavy atom. The molecule has 194 valence electrons. The monoisotopic (exact) mass is 521 g/mol. The summed E-state index contributed by atoms with van der Waals surface area (Å²) >= 11 is 0. The molecule has 39 heavy (non-hydrogen) atoms. The summed E-state index contributed by atoms with van der Waals surface area (Å²) in [5.41, 5.74) is 2.47. The normalized spacial score (nSPS) is 14.5. The average molecular weight is 522 g/mol. The Morgan fingerprint density at radius 1 is 0.846 bits per heavy atom. The number of nitrogens with zero attached hydrogens (tertiary/aromatic N) is 1. The van der Waals surface area contributed by atoms with Crippen LogP contribution in [-0.2, 0) is 13.2 Å². The van der Waals surface area contributed by atoms with Crippen molar-refractivity contribution >= 4 is 16.9 Å². The molecule has 2 heterocycles. The molecular weight excluding hydrogens is 497 g/mol. The number of amides is 1. The topological polar surface area (TPSA) is 69.0 Å².